The number of nitrogens with zero attached hydrogens (tertiary/aromatic N) is 2. The second kappa shape index (κ2) is 9.71. The molecule has 0 atom stereocenters. The molecule has 0 saturated carbocycles. The highest BCUT2D eigenvalue weighted by atomic mass is 16.5. The number of hydrogen-bond acceptors (Lipinski definition) is 4. The normalized spacial score (nSPS) is 10.7. The minimum absolute atomic E-state index is 0.183. The molecule has 0 fully saturated rings. The minimum atomic E-state index is -0.617. The largest absolute Gasteiger partial charge is 0.451 e. The number of carbonyl (C=O) groups is 2. The van der Waals surface area contributed by atoms with Crippen LogP contribution in [0.3, 0.4) is 0 Å². The van der Waals surface area contributed by atoms with E-state index in [1.807, 2.05) is 78.9 Å². The van der Waals surface area contributed by atoms with Crippen LogP contribution in [0.2, 0.25) is 0 Å². The Kier molecular flexibility index (Phi) is 6.38. The maximum Gasteiger partial charge on any atom is 0.359 e. The lowest BCUT2D eigenvalue weighted by molar-refractivity contribution is -0.135. The number of fused-ring (bicyclic) bond motifs is 1. The maximum atomic E-state index is 12.9. The monoisotopic (exact) mass is 413 g/mol. The van der Waals surface area contributed by atoms with E-state index in [4.69, 9.17) is 4.74 Å². The first-order valence-electron chi connectivity index (χ1n) is 10.2. The summed E-state index contributed by atoms with van der Waals surface area (Å²) in [4.78, 5) is 27.2. The van der Waals surface area contributed by atoms with Crippen molar-refractivity contribution in [3.8, 4) is 0 Å². The lowest BCUT2D eigenvalue weighted by atomic mass is 10.1. The molecule has 0 aliphatic heterocycles. The van der Waals surface area contributed by atoms with Crippen LogP contribution in [-0.4, -0.2) is 40.1 Å². The van der Waals surface area contributed by atoms with Crippen molar-refractivity contribution in [2.45, 2.75) is 13.0 Å². The molecule has 1 amide bonds. The zero-order chi connectivity index (χ0) is 21.5. The van der Waals surface area contributed by atoms with Gasteiger partial charge in [0.05, 0.1) is 5.52 Å². The van der Waals surface area contributed by atoms with Gasteiger partial charge >= 0.3 is 5.97 Å². The van der Waals surface area contributed by atoms with Gasteiger partial charge in [0.2, 0.25) is 0 Å². The van der Waals surface area contributed by atoms with Crippen molar-refractivity contribution in [2.75, 3.05) is 13.2 Å². The molecule has 1 aromatic heterocycles. The molecule has 0 aliphatic carbocycles. The first kappa shape index (κ1) is 20.3. The summed E-state index contributed by atoms with van der Waals surface area (Å²) in [7, 11) is 0. The second-order valence-electron chi connectivity index (χ2n) is 7.23. The Morgan fingerprint density at radius 3 is 2.23 bits per heavy atom. The number of hydrogen-bond donors (Lipinski definition) is 1. The van der Waals surface area contributed by atoms with Gasteiger partial charge in [-0.15, -0.1) is 0 Å². The minimum Gasteiger partial charge on any atom is -0.451 e. The van der Waals surface area contributed by atoms with Crippen molar-refractivity contribution < 1.29 is 14.3 Å². The maximum absolute atomic E-state index is 12.9. The summed E-state index contributed by atoms with van der Waals surface area (Å²) in [6.45, 7) is 0.650. The van der Waals surface area contributed by atoms with Crippen molar-refractivity contribution in [1.82, 2.24) is 15.1 Å². The van der Waals surface area contributed by atoms with E-state index in [1.165, 1.54) is 0 Å². The predicted octanol–water partition coefficient (Wildman–Crippen LogP) is 3.99. The SMILES string of the molecule is O=C(OCC(=O)N(CCc1ccccc1)Cc1ccccc1)c1n[nH]c2ccccc12. The summed E-state index contributed by atoms with van der Waals surface area (Å²) in [6, 6.07) is 27.1. The van der Waals surface area contributed by atoms with Crippen LogP contribution < -0.4 is 0 Å². The lowest BCUT2D eigenvalue weighted by Gasteiger charge is -2.23. The molecule has 0 bridgehead atoms. The number of amides is 1. The number of ether oxygens (including phenoxy) is 1. The molecular weight excluding hydrogens is 390 g/mol. The van der Waals surface area contributed by atoms with Crippen LogP contribution in [0.25, 0.3) is 10.9 Å². The summed E-state index contributed by atoms with van der Waals surface area (Å²) in [5.41, 5.74) is 3.10. The second-order valence-corrected chi connectivity index (χ2v) is 7.23. The van der Waals surface area contributed by atoms with E-state index in [0.29, 0.717) is 18.5 Å². The van der Waals surface area contributed by atoms with Crippen molar-refractivity contribution in [3.63, 3.8) is 0 Å². The Bertz CT molecular complexity index is 1160. The van der Waals surface area contributed by atoms with E-state index in [9.17, 15) is 9.59 Å². The standard InChI is InChI=1S/C25H23N3O3/c29-23(18-31-25(30)24-21-13-7-8-14-22(21)26-27-24)28(17-20-11-5-2-6-12-20)16-15-19-9-3-1-4-10-19/h1-14H,15-18H2,(H,26,27). The fourth-order valence-corrected chi connectivity index (χ4v) is 3.41. The van der Waals surface area contributed by atoms with E-state index in [-0.39, 0.29) is 18.2 Å². The van der Waals surface area contributed by atoms with E-state index in [2.05, 4.69) is 10.2 Å². The van der Waals surface area contributed by atoms with E-state index < -0.39 is 5.97 Å². The smallest absolute Gasteiger partial charge is 0.359 e. The van der Waals surface area contributed by atoms with Crippen LogP contribution >= 0.6 is 0 Å². The highest BCUT2D eigenvalue weighted by Crippen LogP contribution is 2.16. The van der Waals surface area contributed by atoms with Crippen LogP contribution in [0, 0.1) is 0 Å². The molecule has 0 radical (unpaired) electrons. The van der Waals surface area contributed by atoms with Gasteiger partial charge in [-0.3, -0.25) is 9.89 Å². The van der Waals surface area contributed by atoms with Crippen molar-refractivity contribution in [1.29, 1.82) is 0 Å². The molecule has 0 saturated heterocycles. The first-order chi connectivity index (χ1) is 15.2. The van der Waals surface area contributed by atoms with E-state index in [1.54, 1.807) is 11.0 Å². The highest BCUT2D eigenvalue weighted by molar-refractivity contribution is 6.02. The molecular formula is C25H23N3O3. The third-order valence-electron chi connectivity index (χ3n) is 5.07. The highest BCUT2D eigenvalue weighted by Gasteiger charge is 2.20. The van der Waals surface area contributed by atoms with Gasteiger partial charge in [-0.1, -0.05) is 78.9 Å². The fraction of sp³-hybridized carbons (Fsp3) is 0.160. The summed E-state index contributed by atoms with van der Waals surface area (Å²) in [5.74, 6) is -0.860. The summed E-state index contributed by atoms with van der Waals surface area (Å²) < 4.78 is 5.31. The van der Waals surface area contributed by atoms with Crippen LogP contribution in [0.5, 0.6) is 0 Å². The van der Waals surface area contributed by atoms with Crippen molar-refractivity contribution in [3.05, 3.63) is 102 Å². The van der Waals surface area contributed by atoms with Gasteiger partial charge in [0.15, 0.2) is 12.3 Å². The van der Waals surface area contributed by atoms with Gasteiger partial charge in [-0.2, -0.15) is 5.10 Å². The molecule has 6 heteroatoms. The van der Waals surface area contributed by atoms with Crippen LogP contribution in [0.4, 0.5) is 0 Å². The summed E-state index contributed by atoms with van der Waals surface area (Å²) in [5, 5.41) is 7.51. The van der Waals surface area contributed by atoms with Gasteiger partial charge in [-0.05, 0) is 23.6 Å². The Morgan fingerprint density at radius 2 is 1.48 bits per heavy atom. The number of rotatable bonds is 8. The van der Waals surface area contributed by atoms with Crippen molar-refractivity contribution in [2.24, 2.45) is 0 Å². The van der Waals surface area contributed by atoms with Crippen LogP contribution in [0.1, 0.15) is 21.6 Å². The number of aromatic nitrogens is 2. The van der Waals surface area contributed by atoms with Gasteiger partial charge < -0.3 is 9.64 Å². The molecule has 0 unspecified atom stereocenters. The molecule has 4 rings (SSSR count). The average molecular weight is 413 g/mol. The van der Waals surface area contributed by atoms with Crippen molar-refractivity contribution >= 4 is 22.8 Å². The predicted molar refractivity (Wildman–Crippen MR) is 118 cm³/mol. The topological polar surface area (TPSA) is 75.3 Å². The summed E-state index contributed by atoms with van der Waals surface area (Å²) >= 11 is 0. The molecule has 4 aromatic rings. The molecule has 0 spiro atoms. The summed E-state index contributed by atoms with van der Waals surface area (Å²) in [6.07, 6.45) is 0.720. The Hall–Kier alpha value is -3.93. The molecule has 6 nitrogen and oxygen atoms in total. The number of H-pyrrole nitrogens is 1. The number of benzene rings is 3. The third kappa shape index (κ3) is 5.17. The molecule has 1 heterocycles. The fourth-order valence-electron chi connectivity index (χ4n) is 3.41. The first-order valence-corrected chi connectivity index (χ1v) is 10.2. The molecule has 0 aliphatic rings. The number of nitrogens with one attached hydrogen (secondary N) is 1. The van der Waals surface area contributed by atoms with E-state index >= 15 is 0 Å². The van der Waals surface area contributed by atoms with Gasteiger partial charge in [0.25, 0.3) is 5.91 Å². The molecule has 31 heavy (non-hydrogen) atoms. The van der Waals surface area contributed by atoms with Crippen LogP contribution in [0.15, 0.2) is 84.9 Å². The van der Waals surface area contributed by atoms with E-state index in [0.717, 1.165) is 23.1 Å². The Labute approximate surface area is 180 Å². The Balaban J connectivity index is 1.42. The number of aromatic amines is 1. The number of para-hydroxylation sites is 1. The molecule has 3 aromatic carbocycles. The van der Waals surface area contributed by atoms with Crippen LogP contribution in [-0.2, 0) is 22.5 Å². The van der Waals surface area contributed by atoms with Gasteiger partial charge in [-0.25, -0.2) is 4.79 Å². The Morgan fingerprint density at radius 1 is 0.839 bits per heavy atom. The quantitative estimate of drug-likeness (QED) is 0.443. The van der Waals surface area contributed by atoms with Gasteiger partial charge in [0.1, 0.15) is 0 Å². The number of esters is 1. The van der Waals surface area contributed by atoms with Gasteiger partial charge in [0, 0.05) is 18.5 Å². The number of carbonyl (C=O) groups excluding carboxylic acids is 2. The zero-order valence-electron chi connectivity index (χ0n) is 17.0. The molecule has 156 valence electrons. The lowest BCUT2D eigenvalue weighted by Crippen LogP contribution is -2.36. The average Bonchev–Trinajstić information content (AvgIpc) is 3.25. The third-order valence-corrected chi connectivity index (χ3v) is 5.07. The molecule has 1 N–H and O–H groups in total. The zero-order valence-corrected chi connectivity index (χ0v) is 17.0.